The van der Waals surface area contributed by atoms with Gasteiger partial charge in [-0.05, 0) is 44.2 Å². The Morgan fingerprint density at radius 1 is 0.964 bits per heavy atom. The summed E-state index contributed by atoms with van der Waals surface area (Å²) in [6.45, 7) is 3.31. The van der Waals surface area contributed by atoms with Crippen LogP contribution < -0.4 is 10.6 Å². The quantitative estimate of drug-likeness (QED) is 0.803. The number of rotatable bonds is 2. The highest BCUT2D eigenvalue weighted by molar-refractivity contribution is 5.85. The molecule has 1 aromatic carbocycles. The molecule has 3 atom stereocenters. The highest BCUT2D eigenvalue weighted by atomic mass is 35.5. The molecule has 1 aromatic heterocycles. The summed E-state index contributed by atoms with van der Waals surface area (Å²) in [4.78, 5) is 14.2. The Balaban J connectivity index is 0.00000112. The van der Waals surface area contributed by atoms with Gasteiger partial charge in [0.25, 0.3) is 0 Å². The lowest BCUT2D eigenvalue weighted by atomic mass is 9.90. The first-order chi connectivity index (χ1) is 12.7. The molecule has 0 saturated carbocycles. The van der Waals surface area contributed by atoms with Crippen molar-refractivity contribution >= 4 is 36.6 Å². The molecule has 2 saturated heterocycles. The van der Waals surface area contributed by atoms with Crippen molar-refractivity contribution in [3.8, 4) is 0 Å². The smallest absolute Gasteiger partial charge is 0.222 e. The minimum absolute atomic E-state index is 0. The van der Waals surface area contributed by atoms with E-state index in [1.54, 1.807) is 0 Å². The van der Waals surface area contributed by atoms with E-state index in [2.05, 4.69) is 52.2 Å². The van der Waals surface area contributed by atoms with E-state index < -0.39 is 0 Å². The molecular formula is C21H29Cl2N5. The van der Waals surface area contributed by atoms with Crippen LogP contribution in [0.1, 0.15) is 35.7 Å². The number of nitrogens with zero attached hydrogens (tertiary/aromatic N) is 4. The Morgan fingerprint density at radius 2 is 1.71 bits per heavy atom. The lowest BCUT2D eigenvalue weighted by Crippen LogP contribution is -2.31. The van der Waals surface area contributed by atoms with Gasteiger partial charge in [-0.1, -0.05) is 30.3 Å². The molecule has 1 aliphatic carbocycles. The van der Waals surface area contributed by atoms with Gasteiger partial charge in [0.05, 0.1) is 5.69 Å². The van der Waals surface area contributed by atoms with Crippen LogP contribution in [-0.4, -0.2) is 41.5 Å². The molecule has 2 fully saturated rings. The van der Waals surface area contributed by atoms with Gasteiger partial charge in [-0.15, -0.1) is 24.8 Å². The number of aryl methyl sites for hydroxylation is 1. The van der Waals surface area contributed by atoms with E-state index in [-0.39, 0.29) is 24.8 Å². The van der Waals surface area contributed by atoms with Gasteiger partial charge < -0.3 is 10.6 Å². The molecule has 3 heterocycles. The molecule has 0 amide bonds. The van der Waals surface area contributed by atoms with E-state index in [1.165, 1.54) is 29.7 Å². The topological polar surface area (TPSA) is 58.3 Å². The first kappa shape index (κ1) is 21.2. The van der Waals surface area contributed by atoms with Crippen LogP contribution in [0, 0.1) is 11.8 Å². The molecule has 5 rings (SSSR count). The molecular weight excluding hydrogens is 393 g/mol. The first-order valence-corrected chi connectivity index (χ1v) is 9.86. The molecule has 2 aromatic rings. The van der Waals surface area contributed by atoms with Crippen LogP contribution in [0.3, 0.4) is 0 Å². The predicted molar refractivity (Wildman–Crippen MR) is 119 cm³/mol. The number of halogens is 2. The maximum absolute atomic E-state index is 6.05. The molecule has 0 bridgehead atoms. The fraction of sp³-hybridized carbons (Fsp3) is 0.524. The Hall–Kier alpha value is -1.56. The zero-order chi connectivity index (χ0) is 17.7. The lowest BCUT2D eigenvalue weighted by molar-refractivity contribution is 0.279. The number of anilines is 2. The normalized spacial score (nSPS) is 26.2. The Bertz CT molecular complexity index is 816. The Labute approximate surface area is 179 Å². The van der Waals surface area contributed by atoms with E-state index in [4.69, 9.17) is 10.7 Å². The van der Waals surface area contributed by atoms with Crippen LogP contribution in [0.2, 0.25) is 0 Å². The number of benzene rings is 1. The SMILES string of the molecule is CN1C[C@H]2CN(c3nc(N)nc4c3CCCC4)C[C@H]2[C@@H]1c1ccccc1.Cl.Cl. The fourth-order valence-corrected chi connectivity index (χ4v) is 5.44. The summed E-state index contributed by atoms with van der Waals surface area (Å²) in [6, 6.07) is 11.5. The summed E-state index contributed by atoms with van der Waals surface area (Å²) < 4.78 is 0. The summed E-state index contributed by atoms with van der Waals surface area (Å²) in [7, 11) is 2.27. The van der Waals surface area contributed by atoms with Gasteiger partial charge in [-0.25, -0.2) is 4.98 Å². The van der Waals surface area contributed by atoms with E-state index in [9.17, 15) is 0 Å². The van der Waals surface area contributed by atoms with Crippen molar-refractivity contribution < 1.29 is 0 Å². The Kier molecular flexibility index (Phi) is 6.37. The van der Waals surface area contributed by atoms with E-state index in [0.717, 1.165) is 38.3 Å². The molecule has 3 aliphatic rings. The highest BCUT2D eigenvalue weighted by Gasteiger charge is 2.46. The van der Waals surface area contributed by atoms with Crippen molar-refractivity contribution in [2.75, 3.05) is 37.3 Å². The third-order valence-corrected chi connectivity index (χ3v) is 6.51. The highest BCUT2D eigenvalue weighted by Crippen LogP contribution is 2.45. The van der Waals surface area contributed by atoms with Crippen molar-refractivity contribution in [1.82, 2.24) is 14.9 Å². The van der Waals surface area contributed by atoms with Crippen LogP contribution in [0.25, 0.3) is 0 Å². The summed E-state index contributed by atoms with van der Waals surface area (Å²) in [5.74, 6) is 2.91. The molecule has 7 heteroatoms. The van der Waals surface area contributed by atoms with Crippen molar-refractivity contribution in [2.24, 2.45) is 11.8 Å². The van der Waals surface area contributed by atoms with Crippen molar-refractivity contribution in [2.45, 2.75) is 31.7 Å². The molecule has 152 valence electrons. The lowest BCUT2D eigenvalue weighted by Gasteiger charge is -2.29. The predicted octanol–water partition coefficient (Wildman–Crippen LogP) is 3.52. The first-order valence-electron chi connectivity index (χ1n) is 9.86. The number of nitrogen functional groups attached to an aromatic ring is 1. The molecule has 2 aliphatic heterocycles. The zero-order valence-electron chi connectivity index (χ0n) is 16.3. The number of nitrogens with two attached hydrogens (primary N) is 1. The van der Waals surface area contributed by atoms with Crippen LogP contribution in [0.15, 0.2) is 30.3 Å². The van der Waals surface area contributed by atoms with Crippen LogP contribution >= 0.6 is 24.8 Å². The van der Waals surface area contributed by atoms with E-state index in [1.807, 2.05) is 0 Å². The van der Waals surface area contributed by atoms with Gasteiger partial charge >= 0.3 is 0 Å². The summed E-state index contributed by atoms with van der Waals surface area (Å²) in [6.07, 6.45) is 4.60. The Morgan fingerprint density at radius 3 is 2.50 bits per heavy atom. The second kappa shape index (κ2) is 8.44. The number of hydrogen-bond donors (Lipinski definition) is 1. The van der Waals surface area contributed by atoms with E-state index >= 15 is 0 Å². The molecule has 28 heavy (non-hydrogen) atoms. The molecule has 0 radical (unpaired) electrons. The van der Waals surface area contributed by atoms with Crippen molar-refractivity contribution in [3.63, 3.8) is 0 Å². The van der Waals surface area contributed by atoms with Gasteiger partial charge in [-0.2, -0.15) is 4.98 Å². The zero-order valence-corrected chi connectivity index (χ0v) is 17.9. The molecule has 0 unspecified atom stereocenters. The molecule has 2 N–H and O–H groups in total. The van der Waals surface area contributed by atoms with Crippen molar-refractivity contribution in [1.29, 1.82) is 0 Å². The van der Waals surface area contributed by atoms with Gasteiger partial charge in [-0.3, -0.25) is 4.90 Å². The maximum Gasteiger partial charge on any atom is 0.222 e. The van der Waals surface area contributed by atoms with Crippen LogP contribution in [0.4, 0.5) is 11.8 Å². The van der Waals surface area contributed by atoms with Crippen LogP contribution in [-0.2, 0) is 12.8 Å². The van der Waals surface area contributed by atoms with E-state index in [0.29, 0.717) is 23.8 Å². The number of likely N-dealkylation sites (tertiary alicyclic amines) is 1. The largest absolute Gasteiger partial charge is 0.368 e. The molecule has 5 nitrogen and oxygen atoms in total. The maximum atomic E-state index is 6.05. The second-order valence-electron chi connectivity index (χ2n) is 8.16. The summed E-state index contributed by atoms with van der Waals surface area (Å²) >= 11 is 0. The van der Waals surface area contributed by atoms with Gasteiger partial charge in [0, 0.05) is 37.2 Å². The number of aromatic nitrogens is 2. The van der Waals surface area contributed by atoms with Gasteiger partial charge in [0.15, 0.2) is 0 Å². The minimum atomic E-state index is 0. The fourth-order valence-electron chi connectivity index (χ4n) is 5.44. The second-order valence-corrected chi connectivity index (χ2v) is 8.16. The monoisotopic (exact) mass is 421 g/mol. The van der Waals surface area contributed by atoms with Gasteiger partial charge in [0.1, 0.15) is 5.82 Å². The van der Waals surface area contributed by atoms with Crippen molar-refractivity contribution in [3.05, 3.63) is 47.2 Å². The van der Waals surface area contributed by atoms with Gasteiger partial charge in [0.2, 0.25) is 5.95 Å². The minimum Gasteiger partial charge on any atom is -0.368 e. The average Bonchev–Trinajstić information content (AvgIpc) is 3.18. The molecule has 0 spiro atoms. The number of hydrogen-bond acceptors (Lipinski definition) is 5. The summed E-state index contributed by atoms with van der Waals surface area (Å²) in [5.41, 5.74) is 10.0. The third-order valence-electron chi connectivity index (χ3n) is 6.51. The third kappa shape index (κ3) is 3.56. The number of fused-ring (bicyclic) bond motifs is 2. The standard InChI is InChI=1S/C21H27N5.2ClH/c1-25-11-15-12-26(13-17(15)19(25)14-7-3-2-4-8-14)20-16-9-5-6-10-18(16)23-21(22)24-20;;/h2-4,7-8,15,17,19H,5-6,9-13H2,1H3,(H2,22,23,24);2*1H/t15-,17+,19-;;/m0../s1. The summed E-state index contributed by atoms with van der Waals surface area (Å²) in [5, 5.41) is 0. The van der Waals surface area contributed by atoms with Crippen LogP contribution in [0.5, 0.6) is 0 Å². The average molecular weight is 422 g/mol.